The predicted octanol–water partition coefficient (Wildman–Crippen LogP) is 2.16. The van der Waals surface area contributed by atoms with Crippen LogP contribution in [-0.2, 0) is 11.3 Å². The number of carbonyl (C=O) groups excluding carboxylic acids is 2. The number of carbonyl (C=O) groups is 2. The van der Waals surface area contributed by atoms with Crippen molar-refractivity contribution in [1.82, 2.24) is 10.6 Å². The highest BCUT2D eigenvalue weighted by molar-refractivity contribution is 5.94. The Morgan fingerprint density at radius 3 is 2.72 bits per heavy atom. The lowest BCUT2D eigenvalue weighted by molar-refractivity contribution is -0.121. The second-order valence-electron chi connectivity index (χ2n) is 5.84. The topological polar surface area (TPSA) is 76.7 Å². The second kappa shape index (κ2) is 7.70. The van der Waals surface area contributed by atoms with Gasteiger partial charge in [-0.3, -0.25) is 9.59 Å². The molecule has 2 N–H and O–H groups in total. The zero-order valence-electron chi connectivity index (χ0n) is 14.0. The number of rotatable bonds is 6. The number of hydrogen-bond donors (Lipinski definition) is 2. The van der Waals surface area contributed by atoms with Crippen LogP contribution in [-0.4, -0.2) is 25.2 Å². The zero-order valence-corrected chi connectivity index (χ0v) is 14.0. The standard InChI is InChI=1S/C19H20N2O4/c1-13-3-2-4-15(9-13)19(23)20-8-7-18(22)21-11-14-5-6-16-17(10-14)25-12-24-16/h2-6,9-10H,7-8,11-12H2,1H3,(H,20,23)(H,21,22). The summed E-state index contributed by atoms with van der Waals surface area (Å²) in [5.41, 5.74) is 2.55. The van der Waals surface area contributed by atoms with Crippen LogP contribution in [0.3, 0.4) is 0 Å². The van der Waals surface area contributed by atoms with Crippen molar-refractivity contribution in [3.63, 3.8) is 0 Å². The molecule has 0 saturated heterocycles. The quantitative estimate of drug-likeness (QED) is 0.845. The van der Waals surface area contributed by atoms with Crippen molar-refractivity contribution in [3.8, 4) is 11.5 Å². The molecular weight excluding hydrogens is 320 g/mol. The van der Waals surface area contributed by atoms with Gasteiger partial charge in [0.25, 0.3) is 5.91 Å². The van der Waals surface area contributed by atoms with Crippen molar-refractivity contribution in [3.05, 3.63) is 59.2 Å². The van der Waals surface area contributed by atoms with Gasteiger partial charge in [-0.05, 0) is 36.8 Å². The molecule has 25 heavy (non-hydrogen) atoms. The monoisotopic (exact) mass is 340 g/mol. The van der Waals surface area contributed by atoms with Gasteiger partial charge in [0.1, 0.15) is 0 Å². The van der Waals surface area contributed by atoms with E-state index in [1.165, 1.54) is 0 Å². The first kappa shape index (κ1) is 16.8. The summed E-state index contributed by atoms with van der Waals surface area (Å²) >= 11 is 0. The minimum absolute atomic E-state index is 0.123. The molecule has 2 aromatic rings. The number of fused-ring (bicyclic) bond motifs is 1. The van der Waals surface area contributed by atoms with Gasteiger partial charge in [-0.15, -0.1) is 0 Å². The van der Waals surface area contributed by atoms with Crippen LogP contribution in [0.1, 0.15) is 27.9 Å². The van der Waals surface area contributed by atoms with E-state index < -0.39 is 0 Å². The van der Waals surface area contributed by atoms with Crippen LogP contribution in [0.15, 0.2) is 42.5 Å². The fourth-order valence-corrected chi connectivity index (χ4v) is 2.52. The Kier molecular flexibility index (Phi) is 5.18. The molecule has 0 aromatic heterocycles. The summed E-state index contributed by atoms with van der Waals surface area (Å²) in [5.74, 6) is 1.11. The lowest BCUT2D eigenvalue weighted by Gasteiger charge is -2.08. The Morgan fingerprint density at radius 1 is 1.04 bits per heavy atom. The van der Waals surface area contributed by atoms with Crippen molar-refractivity contribution >= 4 is 11.8 Å². The third-order valence-corrected chi connectivity index (χ3v) is 3.84. The van der Waals surface area contributed by atoms with Gasteiger partial charge in [0.05, 0.1) is 0 Å². The first-order valence-electron chi connectivity index (χ1n) is 8.12. The van der Waals surface area contributed by atoms with Crippen LogP contribution in [0, 0.1) is 6.92 Å². The number of amides is 2. The highest BCUT2D eigenvalue weighted by Crippen LogP contribution is 2.32. The summed E-state index contributed by atoms with van der Waals surface area (Å²) in [7, 11) is 0. The van der Waals surface area contributed by atoms with Crippen LogP contribution < -0.4 is 20.1 Å². The van der Waals surface area contributed by atoms with E-state index in [1.54, 1.807) is 6.07 Å². The number of hydrogen-bond acceptors (Lipinski definition) is 4. The van der Waals surface area contributed by atoms with Gasteiger partial charge in [-0.2, -0.15) is 0 Å². The maximum atomic E-state index is 12.0. The minimum atomic E-state index is -0.174. The summed E-state index contributed by atoms with van der Waals surface area (Å²) in [5, 5.41) is 5.58. The maximum Gasteiger partial charge on any atom is 0.251 e. The van der Waals surface area contributed by atoms with E-state index in [0.29, 0.717) is 30.2 Å². The molecule has 0 bridgehead atoms. The summed E-state index contributed by atoms with van der Waals surface area (Å²) < 4.78 is 10.6. The van der Waals surface area contributed by atoms with Gasteiger partial charge in [0.15, 0.2) is 11.5 Å². The van der Waals surface area contributed by atoms with E-state index in [0.717, 1.165) is 11.1 Å². The Morgan fingerprint density at radius 2 is 1.88 bits per heavy atom. The first-order chi connectivity index (χ1) is 12.1. The Balaban J connectivity index is 1.40. The van der Waals surface area contributed by atoms with Gasteiger partial charge in [0.2, 0.25) is 12.7 Å². The van der Waals surface area contributed by atoms with E-state index in [2.05, 4.69) is 10.6 Å². The van der Waals surface area contributed by atoms with Crippen molar-refractivity contribution in [1.29, 1.82) is 0 Å². The molecule has 0 unspecified atom stereocenters. The Hall–Kier alpha value is -3.02. The molecule has 2 amide bonds. The van der Waals surface area contributed by atoms with Crippen molar-refractivity contribution in [2.75, 3.05) is 13.3 Å². The van der Waals surface area contributed by atoms with Gasteiger partial charge in [-0.1, -0.05) is 23.8 Å². The number of aryl methyl sites for hydroxylation is 1. The third kappa shape index (κ3) is 4.50. The van der Waals surface area contributed by atoms with Gasteiger partial charge in [0, 0.05) is 25.1 Å². The summed E-state index contributed by atoms with van der Waals surface area (Å²) in [6.07, 6.45) is 0.224. The summed E-state index contributed by atoms with van der Waals surface area (Å²) in [4.78, 5) is 23.9. The van der Waals surface area contributed by atoms with E-state index in [4.69, 9.17) is 9.47 Å². The average Bonchev–Trinajstić information content (AvgIpc) is 3.07. The minimum Gasteiger partial charge on any atom is -0.454 e. The molecule has 1 aliphatic rings. The molecule has 6 heteroatoms. The number of benzene rings is 2. The van der Waals surface area contributed by atoms with E-state index in [1.807, 2.05) is 43.3 Å². The Bertz CT molecular complexity index is 789. The molecule has 6 nitrogen and oxygen atoms in total. The van der Waals surface area contributed by atoms with E-state index in [-0.39, 0.29) is 25.0 Å². The van der Waals surface area contributed by atoms with Crippen LogP contribution in [0.4, 0.5) is 0 Å². The van der Waals surface area contributed by atoms with Crippen molar-refractivity contribution in [2.24, 2.45) is 0 Å². The SMILES string of the molecule is Cc1cccc(C(=O)NCCC(=O)NCc2ccc3c(c2)OCO3)c1. The molecule has 0 saturated carbocycles. The second-order valence-corrected chi connectivity index (χ2v) is 5.84. The molecule has 130 valence electrons. The normalized spacial score (nSPS) is 11.9. The lowest BCUT2D eigenvalue weighted by atomic mass is 10.1. The number of ether oxygens (including phenoxy) is 2. The highest BCUT2D eigenvalue weighted by Gasteiger charge is 2.13. The van der Waals surface area contributed by atoms with Crippen LogP contribution in [0.5, 0.6) is 11.5 Å². The van der Waals surface area contributed by atoms with Crippen LogP contribution in [0.25, 0.3) is 0 Å². The van der Waals surface area contributed by atoms with Gasteiger partial charge in [-0.25, -0.2) is 0 Å². The van der Waals surface area contributed by atoms with Crippen LogP contribution in [0.2, 0.25) is 0 Å². The summed E-state index contributed by atoms with van der Waals surface area (Å²) in [6, 6.07) is 12.9. The molecule has 0 atom stereocenters. The molecular formula is C19H20N2O4. The highest BCUT2D eigenvalue weighted by atomic mass is 16.7. The molecule has 3 rings (SSSR count). The van der Waals surface area contributed by atoms with E-state index in [9.17, 15) is 9.59 Å². The van der Waals surface area contributed by atoms with Crippen molar-refractivity contribution < 1.29 is 19.1 Å². The van der Waals surface area contributed by atoms with Gasteiger partial charge < -0.3 is 20.1 Å². The lowest BCUT2D eigenvalue weighted by Crippen LogP contribution is -2.30. The molecule has 0 fully saturated rings. The molecule has 0 spiro atoms. The van der Waals surface area contributed by atoms with Crippen LogP contribution >= 0.6 is 0 Å². The Labute approximate surface area is 146 Å². The summed E-state index contributed by atoms with van der Waals surface area (Å²) in [6.45, 7) is 2.85. The largest absolute Gasteiger partial charge is 0.454 e. The first-order valence-corrected chi connectivity index (χ1v) is 8.12. The van der Waals surface area contributed by atoms with Crippen molar-refractivity contribution in [2.45, 2.75) is 19.9 Å². The fraction of sp³-hybridized carbons (Fsp3) is 0.263. The molecule has 0 aliphatic carbocycles. The average molecular weight is 340 g/mol. The molecule has 1 aliphatic heterocycles. The zero-order chi connectivity index (χ0) is 17.6. The number of nitrogens with one attached hydrogen (secondary N) is 2. The smallest absolute Gasteiger partial charge is 0.251 e. The molecule has 1 heterocycles. The predicted molar refractivity (Wildman–Crippen MR) is 92.5 cm³/mol. The third-order valence-electron chi connectivity index (χ3n) is 3.84. The molecule has 2 aromatic carbocycles. The van der Waals surface area contributed by atoms with E-state index >= 15 is 0 Å². The maximum absolute atomic E-state index is 12.0. The fourth-order valence-electron chi connectivity index (χ4n) is 2.52. The van der Waals surface area contributed by atoms with Gasteiger partial charge >= 0.3 is 0 Å². The molecule has 0 radical (unpaired) electrons.